The number of carbonyl (C=O) groups is 1. The number of ether oxygens (including phenoxy) is 1. The average Bonchev–Trinajstić information content (AvgIpc) is 2.48. The van der Waals surface area contributed by atoms with Crippen LogP contribution in [0.15, 0.2) is 48.5 Å². The van der Waals surface area contributed by atoms with Crippen molar-refractivity contribution in [3.05, 3.63) is 59.9 Å². The number of hydrogen-bond donors (Lipinski definition) is 2. The number of hydrogen-bond acceptors (Lipinski definition) is 3. The van der Waals surface area contributed by atoms with Crippen LogP contribution in [0.3, 0.4) is 0 Å². The summed E-state index contributed by atoms with van der Waals surface area (Å²) >= 11 is 4.84. The minimum Gasteiger partial charge on any atom is -0.484 e. The molecule has 2 rings (SSSR count). The number of anilines is 1. The number of rotatable bonds is 5. The fraction of sp³-hybridized carbons (Fsp3) is 0.0667. The van der Waals surface area contributed by atoms with Gasteiger partial charge in [0.05, 0.1) is 0 Å². The van der Waals surface area contributed by atoms with Gasteiger partial charge in [-0.25, -0.2) is 4.39 Å². The predicted molar refractivity (Wildman–Crippen MR) is 82.9 cm³/mol. The zero-order valence-corrected chi connectivity index (χ0v) is 11.8. The third kappa shape index (κ3) is 4.54. The maximum atomic E-state index is 12.7. The molecule has 0 saturated heterocycles. The van der Waals surface area contributed by atoms with Crippen LogP contribution in [0.2, 0.25) is 0 Å². The molecule has 0 saturated carbocycles. The molecule has 21 heavy (non-hydrogen) atoms. The Kier molecular flexibility index (Phi) is 4.84. The molecule has 0 aromatic heterocycles. The summed E-state index contributed by atoms with van der Waals surface area (Å²) in [5, 5.41) is 2.60. The highest BCUT2D eigenvalue weighted by Gasteiger charge is 2.04. The Morgan fingerprint density at radius 3 is 2.33 bits per heavy atom. The van der Waals surface area contributed by atoms with Gasteiger partial charge < -0.3 is 15.8 Å². The second-order valence-corrected chi connectivity index (χ2v) is 4.67. The van der Waals surface area contributed by atoms with E-state index < -0.39 is 0 Å². The van der Waals surface area contributed by atoms with Gasteiger partial charge in [-0.15, -0.1) is 0 Å². The van der Waals surface area contributed by atoms with E-state index in [4.69, 9.17) is 22.7 Å². The van der Waals surface area contributed by atoms with Gasteiger partial charge in [0.15, 0.2) is 6.61 Å². The zero-order valence-electron chi connectivity index (χ0n) is 11.0. The number of benzene rings is 2. The molecule has 0 unspecified atom stereocenters. The highest BCUT2D eigenvalue weighted by molar-refractivity contribution is 7.80. The van der Waals surface area contributed by atoms with Gasteiger partial charge >= 0.3 is 0 Å². The summed E-state index contributed by atoms with van der Waals surface area (Å²) in [6, 6.07) is 12.3. The van der Waals surface area contributed by atoms with Crippen LogP contribution in [-0.4, -0.2) is 17.5 Å². The molecule has 0 heterocycles. The molecule has 0 bridgehead atoms. The van der Waals surface area contributed by atoms with E-state index in [1.807, 2.05) is 0 Å². The number of thiocarbonyl (C=S) groups is 1. The molecular formula is C15H13FN2O2S. The Balaban J connectivity index is 1.86. The first-order valence-electron chi connectivity index (χ1n) is 6.12. The van der Waals surface area contributed by atoms with Crippen LogP contribution in [0.5, 0.6) is 5.75 Å². The molecule has 0 fully saturated rings. The number of carbonyl (C=O) groups excluding carboxylic acids is 1. The van der Waals surface area contributed by atoms with E-state index in [-0.39, 0.29) is 18.3 Å². The molecule has 2 aromatic rings. The normalized spacial score (nSPS) is 9.95. The summed E-state index contributed by atoms with van der Waals surface area (Å²) in [7, 11) is 0. The second kappa shape index (κ2) is 6.81. The van der Waals surface area contributed by atoms with Crippen LogP contribution in [0.4, 0.5) is 10.1 Å². The summed E-state index contributed by atoms with van der Waals surface area (Å²) in [4.78, 5) is 12.0. The number of nitrogens with one attached hydrogen (secondary N) is 1. The molecule has 0 aliphatic carbocycles. The van der Waals surface area contributed by atoms with Crippen molar-refractivity contribution in [3.63, 3.8) is 0 Å². The van der Waals surface area contributed by atoms with Crippen LogP contribution in [0.25, 0.3) is 0 Å². The molecule has 6 heteroatoms. The van der Waals surface area contributed by atoms with Gasteiger partial charge in [0.1, 0.15) is 16.6 Å². The molecule has 108 valence electrons. The fourth-order valence-corrected chi connectivity index (χ4v) is 1.73. The molecule has 4 nitrogen and oxygen atoms in total. The van der Waals surface area contributed by atoms with E-state index in [0.29, 0.717) is 16.4 Å². The highest BCUT2D eigenvalue weighted by atomic mass is 32.1. The quantitative estimate of drug-likeness (QED) is 0.833. The van der Waals surface area contributed by atoms with Crippen molar-refractivity contribution in [2.45, 2.75) is 0 Å². The maximum absolute atomic E-state index is 12.7. The fourth-order valence-electron chi connectivity index (χ4n) is 1.59. The van der Waals surface area contributed by atoms with Crippen molar-refractivity contribution in [2.75, 3.05) is 11.9 Å². The summed E-state index contributed by atoms with van der Waals surface area (Å²) in [5.41, 5.74) is 6.72. The number of amides is 1. The van der Waals surface area contributed by atoms with Gasteiger partial charge in [0, 0.05) is 11.3 Å². The molecule has 0 atom stereocenters. The molecule has 2 aromatic carbocycles. The summed E-state index contributed by atoms with van der Waals surface area (Å²) < 4.78 is 18.1. The van der Waals surface area contributed by atoms with Crippen molar-refractivity contribution >= 4 is 28.8 Å². The van der Waals surface area contributed by atoms with E-state index >= 15 is 0 Å². The van der Waals surface area contributed by atoms with Crippen molar-refractivity contribution in [1.82, 2.24) is 0 Å². The van der Waals surface area contributed by atoms with Gasteiger partial charge in [-0.1, -0.05) is 12.2 Å². The lowest BCUT2D eigenvalue weighted by molar-refractivity contribution is -0.118. The van der Waals surface area contributed by atoms with Crippen molar-refractivity contribution in [2.24, 2.45) is 5.73 Å². The van der Waals surface area contributed by atoms with Crippen molar-refractivity contribution in [3.8, 4) is 5.75 Å². The third-order valence-corrected chi connectivity index (χ3v) is 2.87. The van der Waals surface area contributed by atoms with E-state index in [1.54, 1.807) is 24.3 Å². The Morgan fingerprint density at radius 1 is 1.14 bits per heavy atom. The van der Waals surface area contributed by atoms with Crippen LogP contribution in [0, 0.1) is 5.82 Å². The van der Waals surface area contributed by atoms with E-state index in [9.17, 15) is 9.18 Å². The lowest BCUT2D eigenvalue weighted by Crippen LogP contribution is -2.20. The minimum absolute atomic E-state index is 0.149. The molecule has 0 aliphatic heterocycles. The van der Waals surface area contributed by atoms with Gasteiger partial charge in [-0.05, 0) is 48.5 Å². The first-order chi connectivity index (χ1) is 10.0. The predicted octanol–water partition coefficient (Wildman–Crippen LogP) is 2.48. The lowest BCUT2D eigenvalue weighted by Gasteiger charge is -2.08. The largest absolute Gasteiger partial charge is 0.484 e. The van der Waals surface area contributed by atoms with Crippen LogP contribution < -0.4 is 15.8 Å². The molecule has 0 radical (unpaired) electrons. The average molecular weight is 304 g/mol. The number of nitrogens with two attached hydrogens (primary N) is 1. The van der Waals surface area contributed by atoms with Crippen LogP contribution >= 0.6 is 12.2 Å². The molecule has 0 spiro atoms. The smallest absolute Gasteiger partial charge is 0.262 e. The molecular weight excluding hydrogens is 291 g/mol. The summed E-state index contributed by atoms with van der Waals surface area (Å²) in [6.45, 7) is -0.149. The Hall–Kier alpha value is -2.47. The Labute approximate surface area is 126 Å². The Morgan fingerprint density at radius 2 is 1.76 bits per heavy atom. The first-order valence-corrected chi connectivity index (χ1v) is 6.53. The van der Waals surface area contributed by atoms with Gasteiger partial charge in [-0.2, -0.15) is 0 Å². The molecule has 0 aliphatic rings. The van der Waals surface area contributed by atoms with E-state index in [0.717, 1.165) is 5.56 Å². The molecule has 1 amide bonds. The van der Waals surface area contributed by atoms with Gasteiger partial charge in [0.25, 0.3) is 5.91 Å². The van der Waals surface area contributed by atoms with E-state index in [2.05, 4.69) is 5.32 Å². The minimum atomic E-state index is -0.359. The van der Waals surface area contributed by atoms with Gasteiger partial charge in [0.2, 0.25) is 0 Å². The molecule has 3 N–H and O–H groups in total. The summed E-state index contributed by atoms with van der Waals surface area (Å²) in [5.74, 6) is -0.161. The van der Waals surface area contributed by atoms with Crippen molar-refractivity contribution in [1.29, 1.82) is 0 Å². The third-order valence-electron chi connectivity index (χ3n) is 2.64. The summed E-state index contributed by atoms with van der Waals surface area (Å²) in [6.07, 6.45) is 0. The van der Waals surface area contributed by atoms with E-state index in [1.165, 1.54) is 24.3 Å². The first kappa shape index (κ1) is 14.9. The van der Waals surface area contributed by atoms with Crippen LogP contribution in [-0.2, 0) is 4.79 Å². The second-order valence-electron chi connectivity index (χ2n) is 4.23. The number of halogens is 1. The SMILES string of the molecule is NC(=S)c1ccc(OCC(=O)Nc2ccc(F)cc2)cc1. The lowest BCUT2D eigenvalue weighted by atomic mass is 10.2. The zero-order chi connectivity index (χ0) is 15.2. The maximum Gasteiger partial charge on any atom is 0.262 e. The Bertz CT molecular complexity index is 642. The monoisotopic (exact) mass is 304 g/mol. The van der Waals surface area contributed by atoms with Crippen molar-refractivity contribution < 1.29 is 13.9 Å². The van der Waals surface area contributed by atoms with Gasteiger partial charge in [-0.3, -0.25) is 4.79 Å². The topological polar surface area (TPSA) is 64.3 Å². The highest BCUT2D eigenvalue weighted by Crippen LogP contribution is 2.12. The standard InChI is InChI=1S/C15H13FN2O2S/c16-11-3-5-12(6-4-11)18-14(19)9-20-13-7-1-10(2-8-13)15(17)21/h1-8H,9H2,(H2,17,21)(H,18,19). The van der Waals surface area contributed by atoms with Crippen LogP contribution in [0.1, 0.15) is 5.56 Å².